The molecule has 0 fully saturated rings. The van der Waals surface area contributed by atoms with E-state index in [-0.39, 0.29) is 0 Å². The van der Waals surface area contributed by atoms with Gasteiger partial charge in [0, 0.05) is 6.54 Å². The van der Waals surface area contributed by atoms with Gasteiger partial charge in [0.05, 0.1) is 0 Å². The molecule has 0 amide bonds. The van der Waals surface area contributed by atoms with E-state index in [2.05, 4.69) is 47.8 Å². The summed E-state index contributed by atoms with van der Waals surface area (Å²) in [5.74, 6) is 0. The molecular formula is C18H21N. The van der Waals surface area contributed by atoms with Crippen LogP contribution >= 0.6 is 0 Å². The Bertz CT molecular complexity index is 554. The molecule has 0 saturated carbocycles. The second-order valence-electron chi connectivity index (χ2n) is 5.48. The third kappa shape index (κ3) is 2.87. The minimum absolute atomic E-state index is 0.944. The van der Waals surface area contributed by atoms with E-state index in [9.17, 15) is 0 Å². The lowest BCUT2D eigenvalue weighted by atomic mass is 10.00. The SMILES string of the molecule is CNCc1ccc(Cc2ccc3c(c2)CCC3)cc1. The van der Waals surface area contributed by atoms with Gasteiger partial charge in [-0.05, 0) is 60.5 Å². The maximum atomic E-state index is 3.18. The summed E-state index contributed by atoms with van der Waals surface area (Å²) < 4.78 is 0. The molecule has 1 aliphatic rings. The van der Waals surface area contributed by atoms with Crippen LogP contribution in [0.15, 0.2) is 42.5 Å². The van der Waals surface area contributed by atoms with Crippen LogP contribution in [0.4, 0.5) is 0 Å². The monoisotopic (exact) mass is 251 g/mol. The maximum Gasteiger partial charge on any atom is 0.0202 e. The van der Waals surface area contributed by atoms with Gasteiger partial charge >= 0.3 is 0 Å². The van der Waals surface area contributed by atoms with Crippen LogP contribution in [0.1, 0.15) is 34.2 Å². The third-order valence-electron chi connectivity index (χ3n) is 3.98. The van der Waals surface area contributed by atoms with Gasteiger partial charge in [0.15, 0.2) is 0 Å². The van der Waals surface area contributed by atoms with Gasteiger partial charge < -0.3 is 5.32 Å². The van der Waals surface area contributed by atoms with E-state index in [0.717, 1.165) is 13.0 Å². The molecule has 0 bridgehead atoms. The van der Waals surface area contributed by atoms with Crippen molar-refractivity contribution < 1.29 is 0 Å². The lowest BCUT2D eigenvalue weighted by Crippen LogP contribution is -2.04. The Morgan fingerprint density at radius 3 is 2.32 bits per heavy atom. The maximum absolute atomic E-state index is 3.18. The molecule has 1 nitrogen and oxygen atoms in total. The zero-order chi connectivity index (χ0) is 13.1. The summed E-state index contributed by atoms with van der Waals surface area (Å²) in [6.07, 6.45) is 4.92. The fourth-order valence-corrected chi connectivity index (χ4v) is 2.95. The lowest BCUT2D eigenvalue weighted by molar-refractivity contribution is 0.817. The Hall–Kier alpha value is -1.60. The minimum Gasteiger partial charge on any atom is -0.316 e. The molecule has 3 rings (SSSR count). The molecule has 2 aromatic carbocycles. The van der Waals surface area contributed by atoms with Crippen molar-refractivity contribution in [1.82, 2.24) is 5.32 Å². The Morgan fingerprint density at radius 2 is 1.53 bits per heavy atom. The highest BCUT2D eigenvalue weighted by molar-refractivity contribution is 5.37. The number of nitrogens with one attached hydrogen (secondary N) is 1. The highest BCUT2D eigenvalue weighted by Crippen LogP contribution is 2.24. The highest BCUT2D eigenvalue weighted by Gasteiger charge is 2.10. The molecular weight excluding hydrogens is 230 g/mol. The Kier molecular flexibility index (Phi) is 3.65. The Labute approximate surface area is 115 Å². The number of aryl methyl sites for hydroxylation is 2. The van der Waals surface area contributed by atoms with Crippen LogP contribution < -0.4 is 5.32 Å². The molecule has 0 spiro atoms. The summed E-state index contributed by atoms with van der Waals surface area (Å²) in [6.45, 7) is 0.944. The quantitative estimate of drug-likeness (QED) is 0.877. The Balaban J connectivity index is 1.74. The van der Waals surface area contributed by atoms with E-state index >= 15 is 0 Å². The van der Waals surface area contributed by atoms with E-state index in [1.165, 1.54) is 36.0 Å². The lowest BCUT2D eigenvalue weighted by Gasteiger charge is -2.06. The van der Waals surface area contributed by atoms with E-state index in [0.29, 0.717) is 0 Å². The first-order valence-electron chi connectivity index (χ1n) is 7.18. The van der Waals surface area contributed by atoms with E-state index in [1.54, 1.807) is 11.1 Å². The van der Waals surface area contributed by atoms with Gasteiger partial charge in [0.25, 0.3) is 0 Å². The molecule has 0 unspecified atom stereocenters. The zero-order valence-corrected chi connectivity index (χ0v) is 11.6. The molecule has 98 valence electrons. The molecule has 0 saturated heterocycles. The molecule has 1 heteroatoms. The van der Waals surface area contributed by atoms with Crippen molar-refractivity contribution in [3.63, 3.8) is 0 Å². The van der Waals surface area contributed by atoms with Crippen LogP contribution in [0.25, 0.3) is 0 Å². The first-order valence-corrected chi connectivity index (χ1v) is 7.18. The van der Waals surface area contributed by atoms with Crippen molar-refractivity contribution in [3.8, 4) is 0 Å². The normalized spacial score (nSPS) is 13.5. The average Bonchev–Trinajstić information content (AvgIpc) is 2.89. The van der Waals surface area contributed by atoms with Crippen molar-refractivity contribution >= 4 is 0 Å². The van der Waals surface area contributed by atoms with Gasteiger partial charge in [0.1, 0.15) is 0 Å². The van der Waals surface area contributed by atoms with Crippen molar-refractivity contribution in [2.75, 3.05) is 7.05 Å². The number of fused-ring (bicyclic) bond motifs is 1. The summed E-state index contributed by atoms with van der Waals surface area (Å²) >= 11 is 0. The molecule has 1 N–H and O–H groups in total. The summed E-state index contributed by atoms with van der Waals surface area (Å²) in [4.78, 5) is 0. The van der Waals surface area contributed by atoms with E-state index in [1.807, 2.05) is 7.05 Å². The highest BCUT2D eigenvalue weighted by atomic mass is 14.8. The molecule has 19 heavy (non-hydrogen) atoms. The predicted molar refractivity (Wildman–Crippen MR) is 80.5 cm³/mol. The predicted octanol–water partition coefficient (Wildman–Crippen LogP) is 3.49. The fourth-order valence-electron chi connectivity index (χ4n) is 2.95. The standard InChI is InChI=1S/C18H21N/c1-19-13-15-7-5-14(6-8-15)11-16-9-10-17-3-2-4-18(17)12-16/h5-10,12,19H,2-4,11,13H2,1H3. The second-order valence-corrected chi connectivity index (χ2v) is 5.48. The van der Waals surface area contributed by atoms with Gasteiger partial charge in [0.2, 0.25) is 0 Å². The van der Waals surface area contributed by atoms with Crippen molar-refractivity contribution in [2.45, 2.75) is 32.2 Å². The average molecular weight is 251 g/mol. The number of benzene rings is 2. The van der Waals surface area contributed by atoms with Crippen LogP contribution in [0.2, 0.25) is 0 Å². The zero-order valence-electron chi connectivity index (χ0n) is 11.6. The summed E-state index contributed by atoms with van der Waals surface area (Å²) in [6, 6.07) is 16.0. The van der Waals surface area contributed by atoms with Gasteiger partial charge in [-0.1, -0.05) is 42.5 Å². The van der Waals surface area contributed by atoms with Gasteiger partial charge in [-0.3, -0.25) is 0 Å². The Morgan fingerprint density at radius 1 is 0.842 bits per heavy atom. The largest absolute Gasteiger partial charge is 0.316 e. The summed E-state index contributed by atoms with van der Waals surface area (Å²) in [5, 5.41) is 3.18. The third-order valence-corrected chi connectivity index (χ3v) is 3.98. The molecule has 1 aliphatic carbocycles. The van der Waals surface area contributed by atoms with E-state index in [4.69, 9.17) is 0 Å². The molecule has 0 atom stereocenters. The van der Waals surface area contributed by atoms with Crippen LogP contribution in [-0.4, -0.2) is 7.05 Å². The van der Waals surface area contributed by atoms with Gasteiger partial charge in [-0.15, -0.1) is 0 Å². The molecule has 0 radical (unpaired) electrons. The number of rotatable bonds is 4. The van der Waals surface area contributed by atoms with Crippen molar-refractivity contribution in [3.05, 3.63) is 70.3 Å². The molecule has 0 heterocycles. The van der Waals surface area contributed by atoms with Crippen molar-refractivity contribution in [1.29, 1.82) is 0 Å². The summed E-state index contributed by atoms with van der Waals surface area (Å²) in [5.41, 5.74) is 7.33. The molecule has 0 aliphatic heterocycles. The van der Waals surface area contributed by atoms with Gasteiger partial charge in [-0.2, -0.15) is 0 Å². The van der Waals surface area contributed by atoms with Gasteiger partial charge in [-0.25, -0.2) is 0 Å². The minimum atomic E-state index is 0.944. The molecule has 2 aromatic rings. The van der Waals surface area contributed by atoms with Crippen LogP contribution in [0.3, 0.4) is 0 Å². The number of hydrogen-bond acceptors (Lipinski definition) is 1. The smallest absolute Gasteiger partial charge is 0.0202 e. The first-order chi connectivity index (χ1) is 9.35. The molecule has 0 aromatic heterocycles. The fraction of sp³-hybridized carbons (Fsp3) is 0.333. The van der Waals surface area contributed by atoms with Crippen LogP contribution in [0, 0.1) is 0 Å². The first kappa shape index (κ1) is 12.4. The topological polar surface area (TPSA) is 12.0 Å². The number of hydrogen-bond donors (Lipinski definition) is 1. The second kappa shape index (κ2) is 5.58. The van der Waals surface area contributed by atoms with Crippen LogP contribution in [-0.2, 0) is 25.8 Å². The van der Waals surface area contributed by atoms with E-state index < -0.39 is 0 Å². The van der Waals surface area contributed by atoms with Crippen LogP contribution in [0.5, 0.6) is 0 Å². The van der Waals surface area contributed by atoms with Crippen molar-refractivity contribution in [2.24, 2.45) is 0 Å². The summed E-state index contributed by atoms with van der Waals surface area (Å²) in [7, 11) is 1.98.